The summed E-state index contributed by atoms with van der Waals surface area (Å²) in [6.45, 7) is 10.4. The van der Waals surface area contributed by atoms with Crippen LogP contribution in [0.3, 0.4) is 0 Å². The van der Waals surface area contributed by atoms with E-state index in [1.807, 2.05) is 6.92 Å². The molecular formula is C31H44FN3O7. The Morgan fingerprint density at radius 2 is 1.93 bits per heavy atom. The lowest BCUT2D eigenvalue weighted by molar-refractivity contribution is -0.116. The van der Waals surface area contributed by atoms with Crippen molar-refractivity contribution in [2.75, 3.05) is 27.4 Å². The lowest BCUT2D eigenvalue weighted by atomic mass is 9.85. The van der Waals surface area contributed by atoms with Gasteiger partial charge in [-0.1, -0.05) is 44.7 Å². The average molecular weight is 590 g/mol. The number of halogens is 1. The van der Waals surface area contributed by atoms with E-state index in [1.54, 1.807) is 45.1 Å². The molecule has 2 bridgehead atoms. The molecule has 5 N–H and O–H groups in total. The summed E-state index contributed by atoms with van der Waals surface area (Å²) in [6, 6.07) is 0. The van der Waals surface area contributed by atoms with E-state index in [-0.39, 0.29) is 35.9 Å². The summed E-state index contributed by atoms with van der Waals surface area (Å²) in [5, 5.41) is 16.9. The fourth-order valence-corrected chi connectivity index (χ4v) is 5.02. The van der Waals surface area contributed by atoms with Crippen LogP contribution in [0.1, 0.15) is 40.5 Å². The predicted molar refractivity (Wildman–Crippen MR) is 158 cm³/mol. The number of alkyl halides is 1. The van der Waals surface area contributed by atoms with Crippen LogP contribution in [0.5, 0.6) is 0 Å². The van der Waals surface area contributed by atoms with Crippen LogP contribution in [0.15, 0.2) is 70.8 Å². The zero-order valence-corrected chi connectivity index (χ0v) is 25.2. The van der Waals surface area contributed by atoms with Crippen molar-refractivity contribution in [2.24, 2.45) is 17.6 Å². The molecule has 42 heavy (non-hydrogen) atoms. The third kappa shape index (κ3) is 9.23. The van der Waals surface area contributed by atoms with Gasteiger partial charge in [0, 0.05) is 44.0 Å². The Morgan fingerprint density at radius 1 is 1.24 bits per heavy atom. The van der Waals surface area contributed by atoms with Gasteiger partial charge in [-0.15, -0.1) is 0 Å². The maximum absolute atomic E-state index is 13.6. The number of ether oxygens (including phenoxy) is 3. The number of rotatable bonds is 6. The Bertz CT molecular complexity index is 1190. The molecule has 0 aromatic carbocycles. The lowest BCUT2D eigenvalue weighted by Gasteiger charge is -2.30. The average Bonchev–Trinajstić information content (AvgIpc) is 2.94. The van der Waals surface area contributed by atoms with E-state index in [4.69, 9.17) is 19.9 Å². The Balaban J connectivity index is 2.61. The fraction of sp³-hybridized carbons (Fsp3) is 0.516. The molecule has 0 aromatic rings. The Morgan fingerprint density at radius 3 is 2.52 bits per heavy atom. The number of nitrogens with two attached hydrogens (primary N) is 1. The van der Waals surface area contributed by atoms with E-state index in [0.717, 1.165) is 0 Å². The van der Waals surface area contributed by atoms with Gasteiger partial charge in [-0.25, -0.2) is 9.18 Å². The van der Waals surface area contributed by atoms with E-state index in [2.05, 4.69) is 17.2 Å². The van der Waals surface area contributed by atoms with E-state index in [0.29, 0.717) is 23.3 Å². The molecule has 0 fully saturated rings. The number of carbonyl (C=O) groups is 3. The minimum Gasteiger partial charge on any atom is -0.439 e. The summed E-state index contributed by atoms with van der Waals surface area (Å²) in [5.41, 5.74) is 7.34. The Kier molecular flexibility index (Phi) is 13.4. The summed E-state index contributed by atoms with van der Waals surface area (Å²) >= 11 is 0. The third-order valence-electron chi connectivity index (χ3n) is 7.35. The molecule has 0 saturated carbocycles. The summed E-state index contributed by atoms with van der Waals surface area (Å²) < 4.78 is 29.6. The van der Waals surface area contributed by atoms with Crippen LogP contribution in [0.2, 0.25) is 0 Å². The summed E-state index contributed by atoms with van der Waals surface area (Å²) in [7, 11) is 2.95. The Hall–Kier alpha value is -3.54. The van der Waals surface area contributed by atoms with Crippen molar-refractivity contribution in [3.63, 3.8) is 0 Å². The third-order valence-corrected chi connectivity index (χ3v) is 7.35. The molecule has 0 aromatic heterocycles. The molecule has 1 amide bonds. The van der Waals surface area contributed by atoms with Crippen LogP contribution in [0.25, 0.3) is 0 Å². The number of hydrogen-bond donors (Lipinski definition) is 4. The number of nitrogens with one attached hydrogen (secondary N) is 2. The van der Waals surface area contributed by atoms with Crippen molar-refractivity contribution in [3.05, 3.63) is 70.8 Å². The van der Waals surface area contributed by atoms with E-state index >= 15 is 0 Å². The molecule has 0 radical (unpaired) electrons. The number of hydrogen-bond acceptors (Lipinski definition) is 9. The van der Waals surface area contributed by atoms with Gasteiger partial charge in [0.25, 0.3) is 0 Å². The van der Waals surface area contributed by atoms with Crippen molar-refractivity contribution < 1.29 is 38.1 Å². The zero-order valence-electron chi connectivity index (χ0n) is 25.2. The number of allylic oxidation sites excluding steroid dienone is 5. The number of primary amides is 1. The molecule has 11 heteroatoms. The second kappa shape index (κ2) is 16.2. The summed E-state index contributed by atoms with van der Waals surface area (Å²) in [6.07, 6.45) is 4.40. The van der Waals surface area contributed by atoms with Gasteiger partial charge in [0.2, 0.25) is 11.6 Å². The minimum atomic E-state index is -0.976. The van der Waals surface area contributed by atoms with Gasteiger partial charge in [-0.3, -0.25) is 9.59 Å². The number of aliphatic hydroxyl groups excluding tert-OH is 1. The number of carbonyl (C=O) groups excluding carboxylic acids is 3. The van der Waals surface area contributed by atoms with Gasteiger partial charge < -0.3 is 35.7 Å². The molecule has 232 valence electrons. The highest BCUT2D eigenvalue weighted by Gasteiger charge is 2.33. The van der Waals surface area contributed by atoms with Crippen LogP contribution < -0.4 is 16.4 Å². The lowest BCUT2D eigenvalue weighted by Crippen LogP contribution is -2.37. The van der Waals surface area contributed by atoms with Gasteiger partial charge in [-0.2, -0.15) is 0 Å². The summed E-state index contributed by atoms with van der Waals surface area (Å²) in [4.78, 5) is 38.4. The highest BCUT2D eigenvalue weighted by atomic mass is 19.1. The van der Waals surface area contributed by atoms with E-state index in [1.165, 1.54) is 20.3 Å². The number of methoxy groups -OCH3 is 2. The van der Waals surface area contributed by atoms with Crippen LogP contribution in [-0.4, -0.2) is 74.6 Å². The molecule has 0 unspecified atom stereocenters. The summed E-state index contributed by atoms with van der Waals surface area (Å²) in [5.74, 6) is -1.51. The number of amides is 1. The molecule has 1 aliphatic carbocycles. The van der Waals surface area contributed by atoms with Gasteiger partial charge in [0.1, 0.15) is 12.8 Å². The molecule has 2 rings (SSSR count). The van der Waals surface area contributed by atoms with Gasteiger partial charge >= 0.3 is 6.09 Å². The highest BCUT2D eigenvalue weighted by molar-refractivity contribution is 6.22. The molecule has 0 spiro atoms. The molecule has 0 saturated heterocycles. The molecule has 6 atom stereocenters. The Labute approximate surface area is 247 Å². The first-order valence-corrected chi connectivity index (χ1v) is 13.9. The van der Waals surface area contributed by atoms with Crippen molar-refractivity contribution in [2.45, 2.75) is 65.0 Å². The van der Waals surface area contributed by atoms with Crippen molar-refractivity contribution in [1.29, 1.82) is 0 Å². The molecule has 1 heterocycles. The second-order valence-corrected chi connectivity index (χ2v) is 10.7. The normalized spacial score (nSPS) is 31.7. The van der Waals surface area contributed by atoms with Crippen LogP contribution in [0.4, 0.5) is 9.18 Å². The highest BCUT2D eigenvalue weighted by Crippen LogP contribution is 2.29. The van der Waals surface area contributed by atoms with Crippen molar-refractivity contribution in [1.82, 2.24) is 10.6 Å². The van der Waals surface area contributed by atoms with Gasteiger partial charge in [0.15, 0.2) is 6.10 Å². The van der Waals surface area contributed by atoms with Crippen molar-refractivity contribution in [3.8, 4) is 0 Å². The largest absolute Gasteiger partial charge is 0.439 e. The SMILES string of the molecule is C=C1NC2=CC(=O)C(NCCF)=C(C[C@@H](C)C[C@H](OC)[C@H](O)[C@@H](C)/C=C(/C)[C@H](OC(N)=O)[C@@H](OC)/C=C\C=C/1C)C2=O. The molecular weight excluding hydrogens is 545 g/mol. The quantitative estimate of drug-likeness (QED) is 0.270. The van der Waals surface area contributed by atoms with Crippen LogP contribution in [-0.2, 0) is 23.8 Å². The monoisotopic (exact) mass is 589 g/mol. The second-order valence-electron chi connectivity index (χ2n) is 10.7. The fourth-order valence-electron chi connectivity index (χ4n) is 5.02. The number of Topliss-reactive ketones (excluding diaryl/α,β-unsaturated/α-hetero) is 1. The first-order valence-electron chi connectivity index (χ1n) is 13.9. The maximum atomic E-state index is 13.6. The van der Waals surface area contributed by atoms with Crippen LogP contribution in [0, 0.1) is 11.8 Å². The first kappa shape index (κ1) is 34.7. The maximum Gasteiger partial charge on any atom is 0.405 e. The molecule has 1 aliphatic heterocycles. The first-order chi connectivity index (χ1) is 19.8. The van der Waals surface area contributed by atoms with Crippen molar-refractivity contribution >= 4 is 17.7 Å². The molecule has 2 aliphatic rings. The van der Waals surface area contributed by atoms with E-state index < -0.39 is 54.7 Å². The topological polar surface area (TPSA) is 149 Å². The van der Waals surface area contributed by atoms with Crippen LogP contribution >= 0.6 is 0 Å². The number of aliphatic hydroxyl groups is 1. The predicted octanol–water partition coefficient (Wildman–Crippen LogP) is 3.31. The molecule has 10 nitrogen and oxygen atoms in total. The van der Waals surface area contributed by atoms with Gasteiger partial charge in [-0.05, 0) is 43.8 Å². The number of fused-ring (bicyclic) bond motifs is 2. The standard InChI is InChI=1S/C31H44FN3O7/c1-17-13-22-27(34-12-11-32)24(36)16-23(29(22)38)35-21(5)18(2)9-8-10-25(40-6)30(42-31(33)39)20(4)15-19(3)28(37)26(14-17)41-7/h8-10,15-17,19,25-26,28,30,34-35,37H,5,11-14H2,1-4,6-7H3,(H2,33,39)/b10-8-,18-9-,20-15-/t17-,19+,25+,26+,28-,30+/m1/s1. The zero-order chi connectivity index (χ0) is 31.6. The minimum absolute atomic E-state index is 0.0501. The van der Waals surface area contributed by atoms with E-state index in [9.17, 15) is 23.9 Å². The number of ketones is 2. The van der Waals surface area contributed by atoms with Gasteiger partial charge in [0.05, 0.1) is 23.6 Å². The smallest absolute Gasteiger partial charge is 0.405 e.